The van der Waals surface area contributed by atoms with E-state index in [-0.39, 0.29) is 6.61 Å². The second-order valence-electron chi connectivity index (χ2n) is 3.56. The standard InChI is InChI=1S/C11H13IO4S/c1-8(2)10-4-3-9(7-11(10)12)16-5-6-17(13,14)15/h3-4,7H,1,5-6H2,2H3,(H,13,14,15). The predicted molar refractivity (Wildman–Crippen MR) is 75.8 cm³/mol. The van der Waals surface area contributed by atoms with E-state index in [2.05, 4.69) is 29.2 Å². The van der Waals surface area contributed by atoms with Gasteiger partial charge in [-0.3, -0.25) is 4.55 Å². The minimum absolute atomic E-state index is 0.0681. The van der Waals surface area contributed by atoms with Gasteiger partial charge in [-0.15, -0.1) is 0 Å². The Morgan fingerprint density at radius 1 is 1.53 bits per heavy atom. The van der Waals surface area contributed by atoms with Crippen LogP contribution in [-0.2, 0) is 10.1 Å². The van der Waals surface area contributed by atoms with Crippen molar-refractivity contribution in [1.29, 1.82) is 0 Å². The van der Waals surface area contributed by atoms with Gasteiger partial charge in [0, 0.05) is 3.57 Å². The van der Waals surface area contributed by atoms with Crippen LogP contribution in [0.15, 0.2) is 24.8 Å². The molecule has 0 aromatic heterocycles. The molecule has 0 radical (unpaired) electrons. The van der Waals surface area contributed by atoms with Crippen LogP contribution in [-0.4, -0.2) is 25.3 Å². The maximum Gasteiger partial charge on any atom is 0.268 e. The normalized spacial score (nSPS) is 11.2. The van der Waals surface area contributed by atoms with Gasteiger partial charge in [-0.25, -0.2) is 0 Å². The molecule has 6 heteroatoms. The highest BCUT2D eigenvalue weighted by Gasteiger charge is 2.06. The molecule has 1 aromatic carbocycles. The number of allylic oxidation sites excluding steroid dienone is 1. The fourth-order valence-electron chi connectivity index (χ4n) is 1.20. The highest BCUT2D eigenvalue weighted by Crippen LogP contribution is 2.24. The molecule has 1 rings (SSSR count). The zero-order valence-corrected chi connectivity index (χ0v) is 12.3. The quantitative estimate of drug-likeness (QED) is 0.641. The van der Waals surface area contributed by atoms with Crippen LogP contribution in [0.1, 0.15) is 12.5 Å². The van der Waals surface area contributed by atoms with E-state index in [0.29, 0.717) is 5.75 Å². The molecule has 0 aliphatic heterocycles. The molecule has 0 bridgehead atoms. The van der Waals surface area contributed by atoms with Crippen molar-refractivity contribution in [2.24, 2.45) is 0 Å². The summed E-state index contributed by atoms with van der Waals surface area (Å²) in [6, 6.07) is 5.41. The molecule has 0 unspecified atom stereocenters. The van der Waals surface area contributed by atoms with E-state index in [9.17, 15) is 8.42 Å². The number of benzene rings is 1. The van der Waals surface area contributed by atoms with Gasteiger partial charge in [-0.1, -0.05) is 12.2 Å². The van der Waals surface area contributed by atoms with E-state index in [4.69, 9.17) is 9.29 Å². The van der Waals surface area contributed by atoms with Crippen LogP contribution in [0.3, 0.4) is 0 Å². The topological polar surface area (TPSA) is 63.6 Å². The van der Waals surface area contributed by atoms with Crippen LogP contribution in [0.5, 0.6) is 5.75 Å². The molecule has 17 heavy (non-hydrogen) atoms. The van der Waals surface area contributed by atoms with E-state index < -0.39 is 15.9 Å². The minimum Gasteiger partial charge on any atom is -0.492 e. The van der Waals surface area contributed by atoms with Crippen molar-refractivity contribution < 1.29 is 17.7 Å². The van der Waals surface area contributed by atoms with Gasteiger partial charge >= 0.3 is 0 Å². The molecule has 0 spiro atoms. The third kappa shape index (κ3) is 5.05. The van der Waals surface area contributed by atoms with Crippen molar-refractivity contribution in [3.63, 3.8) is 0 Å². The first kappa shape index (κ1) is 14.5. The third-order valence-electron chi connectivity index (χ3n) is 2.01. The van der Waals surface area contributed by atoms with E-state index in [0.717, 1.165) is 14.7 Å². The number of rotatable bonds is 5. The Labute approximate surface area is 115 Å². The summed E-state index contributed by atoms with van der Waals surface area (Å²) < 4.78 is 35.7. The van der Waals surface area contributed by atoms with Gasteiger partial charge in [0.05, 0.1) is 0 Å². The van der Waals surface area contributed by atoms with Crippen LogP contribution in [0.2, 0.25) is 0 Å². The highest BCUT2D eigenvalue weighted by molar-refractivity contribution is 14.1. The summed E-state index contributed by atoms with van der Waals surface area (Å²) in [5, 5.41) is 0. The van der Waals surface area contributed by atoms with E-state index in [1.807, 2.05) is 13.0 Å². The second kappa shape index (κ2) is 5.83. The summed E-state index contributed by atoms with van der Waals surface area (Å²) in [6.07, 6.45) is 0. The van der Waals surface area contributed by atoms with Crippen molar-refractivity contribution in [2.45, 2.75) is 6.92 Å². The van der Waals surface area contributed by atoms with Gasteiger partial charge in [0.1, 0.15) is 18.1 Å². The molecular formula is C11H13IO4S. The molecule has 0 saturated heterocycles. The first-order chi connectivity index (χ1) is 7.79. The van der Waals surface area contributed by atoms with Gasteiger partial charge in [0.15, 0.2) is 0 Å². The van der Waals surface area contributed by atoms with E-state index in [1.165, 1.54) is 0 Å². The Morgan fingerprint density at radius 2 is 2.18 bits per heavy atom. The van der Waals surface area contributed by atoms with Crippen LogP contribution in [0.4, 0.5) is 0 Å². The summed E-state index contributed by atoms with van der Waals surface area (Å²) in [5.41, 5.74) is 1.99. The zero-order chi connectivity index (χ0) is 13.1. The van der Waals surface area contributed by atoms with E-state index in [1.54, 1.807) is 12.1 Å². The lowest BCUT2D eigenvalue weighted by Gasteiger charge is -2.08. The van der Waals surface area contributed by atoms with Gasteiger partial charge in [-0.2, -0.15) is 8.42 Å². The average molecular weight is 368 g/mol. The van der Waals surface area contributed by atoms with Gasteiger partial charge in [-0.05, 0) is 53.3 Å². The first-order valence-corrected chi connectivity index (χ1v) is 7.52. The van der Waals surface area contributed by atoms with Crippen molar-refractivity contribution in [2.75, 3.05) is 12.4 Å². The lowest BCUT2D eigenvalue weighted by molar-refractivity contribution is 0.335. The molecule has 94 valence electrons. The zero-order valence-electron chi connectivity index (χ0n) is 9.31. The Hall–Kier alpha value is -0.600. The lowest BCUT2D eigenvalue weighted by atomic mass is 10.1. The number of halogens is 1. The maximum atomic E-state index is 10.5. The summed E-state index contributed by atoms with van der Waals surface area (Å²) in [4.78, 5) is 0. The molecule has 0 saturated carbocycles. The number of hydrogen-bond acceptors (Lipinski definition) is 3. The number of ether oxygens (including phenoxy) is 1. The molecule has 0 aliphatic carbocycles. The molecule has 0 heterocycles. The van der Waals surface area contributed by atoms with Crippen LogP contribution in [0, 0.1) is 3.57 Å². The largest absolute Gasteiger partial charge is 0.492 e. The molecule has 0 amide bonds. The van der Waals surface area contributed by atoms with Crippen molar-refractivity contribution >= 4 is 38.3 Å². The lowest BCUT2D eigenvalue weighted by Crippen LogP contribution is -2.12. The van der Waals surface area contributed by atoms with Crippen molar-refractivity contribution in [1.82, 2.24) is 0 Å². The Balaban J connectivity index is 2.68. The van der Waals surface area contributed by atoms with Gasteiger partial charge in [0.25, 0.3) is 10.1 Å². The Morgan fingerprint density at radius 3 is 2.65 bits per heavy atom. The number of hydrogen-bond donors (Lipinski definition) is 1. The maximum absolute atomic E-state index is 10.5. The fraction of sp³-hybridized carbons (Fsp3) is 0.273. The Kier molecular flexibility index (Phi) is 4.96. The van der Waals surface area contributed by atoms with Crippen molar-refractivity contribution in [3.05, 3.63) is 33.9 Å². The molecular weight excluding hydrogens is 355 g/mol. The molecule has 0 aliphatic rings. The average Bonchev–Trinajstić information content (AvgIpc) is 2.15. The minimum atomic E-state index is -3.97. The summed E-state index contributed by atoms with van der Waals surface area (Å²) in [5.74, 6) is 0.161. The SMILES string of the molecule is C=C(C)c1ccc(OCCS(=O)(=O)O)cc1I. The van der Waals surface area contributed by atoms with Crippen molar-refractivity contribution in [3.8, 4) is 5.75 Å². The second-order valence-corrected chi connectivity index (χ2v) is 6.29. The third-order valence-corrected chi connectivity index (χ3v) is 3.59. The van der Waals surface area contributed by atoms with Crippen LogP contribution < -0.4 is 4.74 Å². The molecule has 4 nitrogen and oxygen atoms in total. The van der Waals surface area contributed by atoms with Crippen LogP contribution >= 0.6 is 22.6 Å². The first-order valence-electron chi connectivity index (χ1n) is 4.83. The molecule has 1 aromatic rings. The monoisotopic (exact) mass is 368 g/mol. The summed E-state index contributed by atoms with van der Waals surface area (Å²) in [7, 11) is -3.97. The smallest absolute Gasteiger partial charge is 0.268 e. The van der Waals surface area contributed by atoms with Gasteiger partial charge in [0.2, 0.25) is 0 Å². The molecule has 1 N–H and O–H groups in total. The fourth-order valence-corrected chi connectivity index (χ4v) is 2.44. The van der Waals surface area contributed by atoms with Crippen LogP contribution in [0.25, 0.3) is 5.57 Å². The summed E-state index contributed by atoms with van der Waals surface area (Å²) >= 11 is 2.16. The molecule has 0 atom stereocenters. The van der Waals surface area contributed by atoms with E-state index >= 15 is 0 Å². The Bertz CT molecular complexity index is 522. The summed E-state index contributed by atoms with van der Waals surface area (Å²) in [6.45, 7) is 5.70. The highest BCUT2D eigenvalue weighted by atomic mass is 127. The molecule has 0 fully saturated rings. The van der Waals surface area contributed by atoms with Gasteiger partial charge < -0.3 is 4.74 Å². The predicted octanol–water partition coefficient (Wildman–Crippen LogP) is 2.59.